The van der Waals surface area contributed by atoms with Crippen LogP contribution >= 0.6 is 11.6 Å². The van der Waals surface area contributed by atoms with Gasteiger partial charge in [-0.2, -0.15) is 27.1 Å². The van der Waals surface area contributed by atoms with Crippen LogP contribution < -0.4 is 14.8 Å². The van der Waals surface area contributed by atoms with Crippen molar-refractivity contribution in [2.45, 2.75) is 44.5 Å². The minimum absolute atomic E-state index is 0.0344. The van der Waals surface area contributed by atoms with Gasteiger partial charge < -0.3 is 14.8 Å². The molecule has 1 N–H and O–H groups in total. The van der Waals surface area contributed by atoms with Gasteiger partial charge in [-0.1, -0.05) is 11.6 Å². The Morgan fingerprint density at radius 3 is 2.61 bits per heavy atom. The van der Waals surface area contributed by atoms with Gasteiger partial charge >= 0.3 is 12.8 Å². The van der Waals surface area contributed by atoms with E-state index in [4.69, 9.17) is 16.3 Å². The number of halogens is 6. The van der Waals surface area contributed by atoms with Crippen LogP contribution in [0.4, 0.5) is 22.0 Å². The van der Waals surface area contributed by atoms with Crippen LogP contribution in [0.1, 0.15) is 46.9 Å². The smallest absolute Gasteiger partial charge is 0.436 e. The molecule has 6 nitrogen and oxygen atoms in total. The Morgan fingerprint density at radius 2 is 2.03 bits per heavy atom. The van der Waals surface area contributed by atoms with Gasteiger partial charge in [0.1, 0.15) is 0 Å². The summed E-state index contributed by atoms with van der Waals surface area (Å²) in [6, 6.07) is 3.73. The maximum Gasteiger partial charge on any atom is 0.436 e. The first-order chi connectivity index (χ1) is 14.6. The van der Waals surface area contributed by atoms with Crippen LogP contribution in [0.25, 0.3) is 0 Å². The zero-order chi connectivity index (χ0) is 22.8. The molecule has 170 valence electrons. The van der Waals surface area contributed by atoms with Crippen molar-refractivity contribution in [2.75, 3.05) is 13.7 Å². The van der Waals surface area contributed by atoms with Crippen molar-refractivity contribution >= 4 is 17.5 Å². The van der Waals surface area contributed by atoms with Crippen molar-refractivity contribution in [3.8, 4) is 11.5 Å². The number of methoxy groups -OCH3 is 1. The van der Waals surface area contributed by atoms with E-state index in [2.05, 4.69) is 15.2 Å². The van der Waals surface area contributed by atoms with Gasteiger partial charge in [-0.05, 0) is 37.5 Å². The molecule has 0 unspecified atom stereocenters. The molecule has 0 bridgehead atoms. The highest BCUT2D eigenvalue weighted by atomic mass is 35.5. The molecule has 12 heteroatoms. The second kappa shape index (κ2) is 9.29. The van der Waals surface area contributed by atoms with Crippen LogP contribution in [0.3, 0.4) is 0 Å². The monoisotopic (exact) mass is 467 g/mol. The lowest BCUT2D eigenvalue weighted by molar-refractivity contribution is -0.141. The lowest BCUT2D eigenvalue weighted by Gasteiger charge is -2.12. The summed E-state index contributed by atoms with van der Waals surface area (Å²) in [6.45, 7) is -2.74. The fourth-order valence-corrected chi connectivity index (χ4v) is 3.48. The third kappa shape index (κ3) is 5.57. The summed E-state index contributed by atoms with van der Waals surface area (Å²) in [5, 5.41) is 5.88. The number of hydrogen-bond donors (Lipinski definition) is 1. The lowest BCUT2D eigenvalue weighted by atomic mass is 10.2. The van der Waals surface area contributed by atoms with Crippen molar-refractivity contribution in [1.82, 2.24) is 15.1 Å². The molecular formula is C19H19ClF5N3O3. The van der Waals surface area contributed by atoms with Gasteiger partial charge in [-0.3, -0.25) is 9.48 Å². The normalized spacial score (nSPS) is 14.1. The molecule has 1 aromatic carbocycles. The first kappa shape index (κ1) is 23.1. The van der Waals surface area contributed by atoms with Gasteiger partial charge in [-0.25, -0.2) is 0 Å². The quantitative estimate of drug-likeness (QED) is 0.422. The standard InChI is InChI=1S/C19H19ClF5N3O3/c1-30-13-9-11(5-6-12(13)31-18(21)22)17(29)26-7-2-8-28-15(10-3-4-10)14(20)16(27-28)19(23,24)25/h5-6,9-10,18H,2-4,7-8H2,1H3,(H,26,29). The minimum atomic E-state index is -4.64. The second-order valence-corrected chi connectivity index (χ2v) is 7.27. The van der Waals surface area contributed by atoms with Crippen molar-refractivity contribution in [1.29, 1.82) is 0 Å². The Bertz CT molecular complexity index is 945. The zero-order valence-electron chi connectivity index (χ0n) is 16.3. The van der Waals surface area contributed by atoms with E-state index in [0.717, 1.165) is 12.8 Å². The molecule has 0 saturated heterocycles. The van der Waals surface area contributed by atoms with E-state index in [-0.39, 0.29) is 41.1 Å². The summed E-state index contributed by atoms with van der Waals surface area (Å²) in [4.78, 5) is 12.3. The van der Waals surface area contributed by atoms with Gasteiger partial charge in [0.2, 0.25) is 0 Å². The van der Waals surface area contributed by atoms with E-state index < -0.39 is 24.4 Å². The number of amides is 1. The highest BCUT2D eigenvalue weighted by Gasteiger charge is 2.41. The van der Waals surface area contributed by atoms with Gasteiger partial charge in [0.05, 0.1) is 17.8 Å². The molecule has 2 aromatic rings. The molecule has 1 fully saturated rings. The summed E-state index contributed by atoms with van der Waals surface area (Å²) in [7, 11) is 1.25. The molecule has 0 spiro atoms. The fourth-order valence-electron chi connectivity index (χ4n) is 3.09. The molecule has 1 amide bonds. The van der Waals surface area contributed by atoms with E-state index in [1.54, 1.807) is 0 Å². The van der Waals surface area contributed by atoms with E-state index in [9.17, 15) is 26.7 Å². The predicted octanol–water partition coefficient (Wildman–Crippen LogP) is 4.86. The maximum atomic E-state index is 13.1. The van der Waals surface area contributed by atoms with Crippen molar-refractivity contribution in [3.63, 3.8) is 0 Å². The van der Waals surface area contributed by atoms with Gasteiger partial charge in [-0.15, -0.1) is 0 Å². The van der Waals surface area contributed by atoms with E-state index in [0.29, 0.717) is 12.1 Å². The van der Waals surface area contributed by atoms with Crippen molar-refractivity contribution in [2.24, 2.45) is 0 Å². The summed E-state index contributed by atoms with van der Waals surface area (Å²) in [6.07, 6.45) is -2.82. The first-order valence-corrected chi connectivity index (χ1v) is 9.74. The van der Waals surface area contributed by atoms with Gasteiger partial charge in [0.15, 0.2) is 17.2 Å². The average Bonchev–Trinajstić information content (AvgIpc) is 3.47. The summed E-state index contributed by atoms with van der Waals surface area (Å²) < 4.78 is 74.5. The molecule has 0 atom stereocenters. The Kier molecular flexibility index (Phi) is 6.93. The number of rotatable bonds is 9. The number of nitrogens with one attached hydrogen (secondary N) is 1. The van der Waals surface area contributed by atoms with Crippen molar-refractivity contribution < 1.29 is 36.2 Å². The Morgan fingerprint density at radius 1 is 1.32 bits per heavy atom. The zero-order valence-corrected chi connectivity index (χ0v) is 17.1. The predicted molar refractivity (Wildman–Crippen MR) is 101 cm³/mol. The highest BCUT2D eigenvalue weighted by Crippen LogP contribution is 2.46. The molecule has 1 heterocycles. The minimum Gasteiger partial charge on any atom is -0.493 e. The Hall–Kier alpha value is -2.56. The fraction of sp³-hybridized carbons (Fsp3) is 0.474. The van der Waals surface area contributed by atoms with E-state index in [1.807, 2.05) is 0 Å². The second-order valence-electron chi connectivity index (χ2n) is 6.90. The molecule has 3 rings (SSSR count). The van der Waals surface area contributed by atoms with Crippen LogP contribution in [0.2, 0.25) is 5.02 Å². The van der Waals surface area contributed by atoms with Crippen LogP contribution in [0.5, 0.6) is 11.5 Å². The number of carbonyl (C=O) groups excluding carboxylic acids is 1. The molecule has 0 radical (unpaired) electrons. The molecule has 31 heavy (non-hydrogen) atoms. The molecule has 1 saturated carbocycles. The number of nitrogens with zero attached hydrogens (tertiary/aromatic N) is 2. The SMILES string of the molecule is COc1cc(C(=O)NCCCn2nc(C(F)(F)F)c(Cl)c2C2CC2)ccc1OC(F)F. The number of benzene rings is 1. The maximum absolute atomic E-state index is 13.1. The molecule has 0 aliphatic heterocycles. The molecule has 1 aliphatic rings. The number of aromatic nitrogens is 2. The summed E-state index contributed by atoms with van der Waals surface area (Å²) >= 11 is 5.92. The highest BCUT2D eigenvalue weighted by molar-refractivity contribution is 6.32. The third-order valence-corrected chi connectivity index (χ3v) is 5.01. The average molecular weight is 468 g/mol. The molecule has 1 aliphatic carbocycles. The van der Waals surface area contributed by atoms with E-state index in [1.165, 1.54) is 30.0 Å². The van der Waals surface area contributed by atoms with Crippen LogP contribution in [-0.4, -0.2) is 36.0 Å². The largest absolute Gasteiger partial charge is 0.493 e. The first-order valence-electron chi connectivity index (χ1n) is 9.36. The van der Waals surface area contributed by atoms with Crippen LogP contribution in [-0.2, 0) is 12.7 Å². The number of carbonyl (C=O) groups is 1. The Balaban J connectivity index is 1.59. The molecular weight excluding hydrogens is 449 g/mol. The third-order valence-electron chi connectivity index (χ3n) is 4.64. The molecule has 1 aromatic heterocycles. The summed E-state index contributed by atoms with van der Waals surface area (Å²) in [5.41, 5.74) is -0.573. The number of ether oxygens (including phenoxy) is 2. The van der Waals surface area contributed by atoms with Gasteiger partial charge in [0, 0.05) is 24.6 Å². The summed E-state index contributed by atoms with van der Waals surface area (Å²) in [5.74, 6) is -0.781. The number of aryl methyl sites for hydroxylation is 1. The topological polar surface area (TPSA) is 65.4 Å². The van der Waals surface area contributed by atoms with Crippen molar-refractivity contribution in [3.05, 3.63) is 40.2 Å². The lowest BCUT2D eigenvalue weighted by Crippen LogP contribution is -2.25. The van der Waals surface area contributed by atoms with Crippen LogP contribution in [0.15, 0.2) is 18.2 Å². The van der Waals surface area contributed by atoms with Gasteiger partial charge in [0.25, 0.3) is 5.91 Å². The number of hydrogen-bond acceptors (Lipinski definition) is 4. The Labute approximate surface area is 179 Å². The van der Waals surface area contributed by atoms with Crippen LogP contribution in [0, 0.1) is 0 Å². The van der Waals surface area contributed by atoms with E-state index >= 15 is 0 Å². The number of alkyl halides is 5.